The van der Waals surface area contributed by atoms with E-state index < -0.39 is 6.10 Å². The fourth-order valence-corrected chi connectivity index (χ4v) is 2.01. The number of rotatable bonds is 4. The second kappa shape index (κ2) is 6.04. The molecular formula is C15H14ClFO2. The Hall–Kier alpha value is -1.58. The van der Waals surface area contributed by atoms with Crippen molar-refractivity contribution in [2.45, 2.75) is 13.0 Å². The molecule has 2 aromatic carbocycles. The van der Waals surface area contributed by atoms with E-state index in [-0.39, 0.29) is 12.4 Å². The molecule has 0 saturated heterocycles. The van der Waals surface area contributed by atoms with Crippen LogP contribution in [-0.2, 0) is 0 Å². The van der Waals surface area contributed by atoms with Gasteiger partial charge in [-0.2, -0.15) is 0 Å². The van der Waals surface area contributed by atoms with Crippen molar-refractivity contribution in [3.63, 3.8) is 0 Å². The van der Waals surface area contributed by atoms with Gasteiger partial charge in [-0.3, -0.25) is 0 Å². The van der Waals surface area contributed by atoms with Gasteiger partial charge in [0.2, 0.25) is 0 Å². The van der Waals surface area contributed by atoms with E-state index in [1.807, 2.05) is 0 Å². The maximum atomic E-state index is 13.0. The molecule has 2 rings (SSSR count). The Morgan fingerprint density at radius 1 is 1.26 bits per heavy atom. The zero-order valence-corrected chi connectivity index (χ0v) is 11.2. The van der Waals surface area contributed by atoms with Crippen molar-refractivity contribution in [3.8, 4) is 5.75 Å². The first kappa shape index (κ1) is 13.8. The number of aliphatic hydroxyl groups is 1. The largest absolute Gasteiger partial charge is 0.490 e. The summed E-state index contributed by atoms with van der Waals surface area (Å²) in [5, 5.41) is 10.6. The van der Waals surface area contributed by atoms with E-state index in [9.17, 15) is 9.50 Å². The van der Waals surface area contributed by atoms with Crippen LogP contribution < -0.4 is 4.74 Å². The third-order valence-electron chi connectivity index (χ3n) is 2.79. The Labute approximate surface area is 116 Å². The molecule has 1 unspecified atom stereocenters. The fourth-order valence-electron chi connectivity index (χ4n) is 1.83. The molecule has 0 aliphatic heterocycles. The molecule has 0 radical (unpaired) electrons. The summed E-state index contributed by atoms with van der Waals surface area (Å²) in [5.41, 5.74) is 1.35. The van der Waals surface area contributed by atoms with Gasteiger partial charge < -0.3 is 9.84 Å². The van der Waals surface area contributed by atoms with Crippen LogP contribution in [0.3, 0.4) is 0 Å². The SMILES string of the molecule is Cc1cc(F)ccc1C(O)COc1cccc(Cl)c1. The number of hydrogen-bond acceptors (Lipinski definition) is 2. The minimum atomic E-state index is -0.806. The maximum Gasteiger partial charge on any atom is 0.123 e. The molecule has 1 N–H and O–H groups in total. The number of hydrogen-bond donors (Lipinski definition) is 1. The van der Waals surface area contributed by atoms with Gasteiger partial charge in [0.15, 0.2) is 0 Å². The summed E-state index contributed by atoms with van der Waals surface area (Å²) in [7, 11) is 0. The summed E-state index contributed by atoms with van der Waals surface area (Å²) in [5.74, 6) is 0.274. The lowest BCUT2D eigenvalue weighted by Crippen LogP contribution is -2.11. The first-order chi connectivity index (χ1) is 9.06. The molecule has 4 heteroatoms. The minimum absolute atomic E-state index is 0.0901. The lowest BCUT2D eigenvalue weighted by atomic mass is 10.0. The van der Waals surface area contributed by atoms with Gasteiger partial charge in [0.25, 0.3) is 0 Å². The normalized spacial score (nSPS) is 12.2. The molecule has 1 atom stereocenters. The van der Waals surface area contributed by atoms with Crippen LogP contribution in [0, 0.1) is 12.7 Å². The van der Waals surface area contributed by atoms with Gasteiger partial charge in [-0.1, -0.05) is 23.7 Å². The second-order valence-electron chi connectivity index (χ2n) is 4.29. The third kappa shape index (κ3) is 3.69. The van der Waals surface area contributed by atoms with E-state index in [4.69, 9.17) is 16.3 Å². The lowest BCUT2D eigenvalue weighted by molar-refractivity contribution is 0.107. The van der Waals surface area contributed by atoms with Gasteiger partial charge in [0.1, 0.15) is 24.3 Å². The van der Waals surface area contributed by atoms with Crippen LogP contribution >= 0.6 is 11.6 Å². The number of halogens is 2. The van der Waals surface area contributed by atoms with E-state index in [0.29, 0.717) is 21.9 Å². The number of aliphatic hydroxyl groups excluding tert-OH is 1. The Kier molecular flexibility index (Phi) is 4.40. The van der Waals surface area contributed by atoms with Crippen LogP contribution in [0.2, 0.25) is 5.02 Å². The molecule has 0 aromatic heterocycles. The van der Waals surface area contributed by atoms with Gasteiger partial charge in [-0.05, 0) is 48.4 Å². The van der Waals surface area contributed by atoms with Gasteiger partial charge >= 0.3 is 0 Å². The monoisotopic (exact) mass is 280 g/mol. The van der Waals surface area contributed by atoms with Gasteiger partial charge in [-0.25, -0.2) is 4.39 Å². The van der Waals surface area contributed by atoms with Crippen molar-refractivity contribution in [2.75, 3.05) is 6.61 Å². The second-order valence-corrected chi connectivity index (χ2v) is 4.72. The van der Waals surface area contributed by atoms with Crippen LogP contribution in [0.1, 0.15) is 17.2 Å². The maximum absolute atomic E-state index is 13.0. The van der Waals surface area contributed by atoms with Crippen LogP contribution in [-0.4, -0.2) is 11.7 Å². The van der Waals surface area contributed by atoms with Crippen LogP contribution in [0.25, 0.3) is 0 Å². The van der Waals surface area contributed by atoms with E-state index >= 15 is 0 Å². The van der Waals surface area contributed by atoms with Gasteiger partial charge in [0, 0.05) is 5.02 Å². The predicted octanol–water partition coefficient (Wildman–Crippen LogP) is 3.90. The van der Waals surface area contributed by atoms with Crippen molar-refractivity contribution >= 4 is 11.6 Å². The summed E-state index contributed by atoms with van der Waals surface area (Å²) in [6.45, 7) is 1.84. The highest BCUT2D eigenvalue weighted by atomic mass is 35.5. The van der Waals surface area contributed by atoms with Gasteiger partial charge in [-0.15, -0.1) is 0 Å². The predicted molar refractivity (Wildman–Crippen MR) is 73.0 cm³/mol. The molecule has 2 aromatic rings. The molecule has 0 bridgehead atoms. The van der Waals surface area contributed by atoms with E-state index in [2.05, 4.69) is 0 Å². The van der Waals surface area contributed by atoms with Crippen molar-refractivity contribution in [3.05, 3.63) is 64.4 Å². The van der Waals surface area contributed by atoms with E-state index in [1.54, 1.807) is 37.3 Å². The molecular weight excluding hydrogens is 267 g/mol. The number of benzene rings is 2. The average molecular weight is 281 g/mol. The standard InChI is InChI=1S/C15H14ClFO2/c1-10-7-12(17)5-6-14(10)15(18)9-19-13-4-2-3-11(16)8-13/h2-8,15,18H,9H2,1H3. The molecule has 0 fully saturated rings. The zero-order chi connectivity index (χ0) is 13.8. The highest BCUT2D eigenvalue weighted by Crippen LogP contribution is 2.22. The van der Waals surface area contributed by atoms with Crippen molar-refractivity contribution in [2.24, 2.45) is 0 Å². The quantitative estimate of drug-likeness (QED) is 0.920. The highest BCUT2D eigenvalue weighted by molar-refractivity contribution is 6.30. The third-order valence-corrected chi connectivity index (χ3v) is 3.03. The number of aryl methyl sites for hydroxylation is 1. The Morgan fingerprint density at radius 2 is 2.05 bits per heavy atom. The fraction of sp³-hybridized carbons (Fsp3) is 0.200. The summed E-state index contributed by atoms with van der Waals surface area (Å²) in [6, 6.07) is 11.2. The Balaban J connectivity index is 2.03. The molecule has 100 valence electrons. The lowest BCUT2D eigenvalue weighted by Gasteiger charge is -2.15. The molecule has 0 saturated carbocycles. The molecule has 2 nitrogen and oxygen atoms in total. The highest BCUT2D eigenvalue weighted by Gasteiger charge is 2.12. The van der Waals surface area contributed by atoms with Crippen molar-refractivity contribution in [1.29, 1.82) is 0 Å². The molecule has 0 heterocycles. The number of ether oxygens (including phenoxy) is 1. The smallest absolute Gasteiger partial charge is 0.123 e. The molecule has 19 heavy (non-hydrogen) atoms. The topological polar surface area (TPSA) is 29.5 Å². The average Bonchev–Trinajstić information content (AvgIpc) is 2.36. The van der Waals surface area contributed by atoms with Crippen LogP contribution in [0.5, 0.6) is 5.75 Å². The summed E-state index contributed by atoms with van der Waals surface area (Å²) in [4.78, 5) is 0. The van der Waals surface area contributed by atoms with Crippen LogP contribution in [0.4, 0.5) is 4.39 Å². The Morgan fingerprint density at radius 3 is 2.74 bits per heavy atom. The molecule has 0 spiro atoms. The minimum Gasteiger partial charge on any atom is -0.490 e. The van der Waals surface area contributed by atoms with Crippen LogP contribution in [0.15, 0.2) is 42.5 Å². The van der Waals surface area contributed by atoms with E-state index in [0.717, 1.165) is 0 Å². The first-order valence-electron chi connectivity index (χ1n) is 5.89. The van der Waals surface area contributed by atoms with E-state index in [1.165, 1.54) is 12.1 Å². The zero-order valence-electron chi connectivity index (χ0n) is 10.4. The van der Waals surface area contributed by atoms with Gasteiger partial charge in [0.05, 0.1) is 0 Å². The molecule has 0 aliphatic rings. The first-order valence-corrected chi connectivity index (χ1v) is 6.26. The summed E-state index contributed by atoms with van der Waals surface area (Å²) >= 11 is 5.84. The van der Waals surface area contributed by atoms with Crippen molar-refractivity contribution in [1.82, 2.24) is 0 Å². The summed E-state index contributed by atoms with van der Waals surface area (Å²) in [6.07, 6.45) is -0.806. The summed E-state index contributed by atoms with van der Waals surface area (Å²) < 4.78 is 18.4. The Bertz CT molecular complexity index is 572. The van der Waals surface area contributed by atoms with Crippen molar-refractivity contribution < 1.29 is 14.2 Å². The molecule has 0 amide bonds. The molecule has 0 aliphatic carbocycles.